The molecule has 2 atom stereocenters. The van der Waals surface area contributed by atoms with Crippen LogP contribution >= 0.6 is 0 Å². The molecule has 0 aliphatic carbocycles. The molecule has 0 bridgehead atoms. The second-order valence-corrected chi connectivity index (χ2v) is 22.6. The van der Waals surface area contributed by atoms with E-state index in [1.165, 1.54) is 5.20 Å². The van der Waals surface area contributed by atoms with E-state index in [4.69, 9.17) is 4.43 Å². The first kappa shape index (κ1) is 19.7. The van der Waals surface area contributed by atoms with Gasteiger partial charge in [0.05, 0.1) is 5.60 Å². The van der Waals surface area contributed by atoms with Crippen molar-refractivity contribution in [2.75, 3.05) is 0 Å². The lowest BCUT2D eigenvalue weighted by molar-refractivity contribution is -0.132. The zero-order chi connectivity index (χ0) is 17.6. The van der Waals surface area contributed by atoms with Gasteiger partial charge in [0, 0.05) is 5.57 Å². The minimum Gasteiger partial charge on any atom is -0.478 e. The summed E-state index contributed by atoms with van der Waals surface area (Å²) in [6.07, 6.45) is 1.87. The van der Waals surface area contributed by atoms with E-state index in [1.54, 1.807) is 6.92 Å². The summed E-state index contributed by atoms with van der Waals surface area (Å²) in [5.41, 5.74) is 0.566. The van der Waals surface area contributed by atoms with Gasteiger partial charge in [-0.3, -0.25) is 0 Å². The number of carbonyl (C=O) groups is 1. The Morgan fingerprint density at radius 1 is 1.27 bits per heavy atom. The van der Waals surface area contributed by atoms with Gasteiger partial charge in [-0.25, -0.2) is 4.79 Å². The lowest BCUT2D eigenvalue weighted by atomic mass is 9.76. The zero-order valence-electron chi connectivity index (χ0n) is 15.9. The van der Waals surface area contributed by atoms with Crippen LogP contribution in [0.3, 0.4) is 0 Å². The summed E-state index contributed by atoms with van der Waals surface area (Å²) in [7, 11) is -3.84. The van der Waals surface area contributed by atoms with Crippen molar-refractivity contribution >= 4 is 21.4 Å². The van der Waals surface area contributed by atoms with E-state index in [0.29, 0.717) is 5.57 Å². The molecule has 0 saturated carbocycles. The van der Waals surface area contributed by atoms with Crippen molar-refractivity contribution in [2.24, 2.45) is 5.41 Å². The van der Waals surface area contributed by atoms with Crippen molar-refractivity contribution in [3.05, 3.63) is 10.8 Å². The van der Waals surface area contributed by atoms with Gasteiger partial charge >= 0.3 is 5.97 Å². The molecule has 1 fully saturated rings. The van der Waals surface area contributed by atoms with Gasteiger partial charge in [-0.15, -0.1) is 0 Å². The third-order valence-corrected chi connectivity index (χ3v) is 23.2. The summed E-state index contributed by atoms with van der Waals surface area (Å²) in [6, 6.07) is 1.15. The quantitative estimate of drug-likeness (QED) is 0.584. The molecule has 22 heavy (non-hydrogen) atoms. The average molecular weight is 343 g/mol. The molecule has 1 N–H and O–H groups in total. The van der Waals surface area contributed by atoms with Gasteiger partial charge in [-0.05, 0) is 45.2 Å². The molecule has 1 aliphatic heterocycles. The molecular weight excluding hydrogens is 308 g/mol. The van der Waals surface area contributed by atoms with Crippen LogP contribution < -0.4 is 0 Å². The van der Waals surface area contributed by atoms with Crippen molar-refractivity contribution in [1.29, 1.82) is 0 Å². The van der Waals surface area contributed by atoms with Crippen molar-refractivity contribution in [3.8, 4) is 0 Å². The molecular formula is C17H34O3Si2. The molecule has 1 rings (SSSR count). The predicted octanol–water partition coefficient (Wildman–Crippen LogP) is 4.92. The topological polar surface area (TPSA) is 46.5 Å². The van der Waals surface area contributed by atoms with Gasteiger partial charge in [-0.2, -0.15) is 0 Å². The van der Waals surface area contributed by atoms with Crippen LogP contribution in [-0.2, 0) is 9.22 Å². The summed E-state index contributed by atoms with van der Waals surface area (Å²) < 4.78 is 6.83. The Bertz CT molecular complexity index is 491. The Morgan fingerprint density at radius 2 is 1.77 bits per heavy atom. The van der Waals surface area contributed by atoms with Crippen LogP contribution in [0.15, 0.2) is 10.8 Å². The van der Waals surface area contributed by atoms with E-state index in [2.05, 4.69) is 54.3 Å². The van der Waals surface area contributed by atoms with Gasteiger partial charge in [-0.1, -0.05) is 45.5 Å². The van der Waals surface area contributed by atoms with Gasteiger partial charge in [0.1, 0.15) is 7.59 Å². The Labute approximate surface area is 138 Å². The molecule has 0 aromatic heterocycles. The first-order chi connectivity index (χ1) is 9.72. The Balaban J connectivity index is 3.35. The van der Waals surface area contributed by atoms with Crippen molar-refractivity contribution in [2.45, 2.75) is 85.7 Å². The Morgan fingerprint density at radius 3 is 2.09 bits per heavy atom. The van der Waals surface area contributed by atoms with E-state index in [1.807, 2.05) is 0 Å². The molecule has 1 saturated heterocycles. The first-order valence-electron chi connectivity index (χ1n) is 8.35. The number of rotatable bonds is 3. The molecule has 0 spiro atoms. The normalized spacial score (nSPS) is 33.3. The number of carboxylic acids is 1. The van der Waals surface area contributed by atoms with Crippen molar-refractivity contribution in [3.63, 3.8) is 0 Å². The molecule has 1 aliphatic rings. The number of aliphatic carboxylic acids is 1. The van der Waals surface area contributed by atoms with Gasteiger partial charge in [0.25, 0.3) is 0 Å². The SMILES string of the molecule is CCC(=C(C)C(=O)O)[Si]1(C)CCC(C)(C(C)(C)C)O[Si]1(C)C. The van der Waals surface area contributed by atoms with Crippen LogP contribution in [0.4, 0.5) is 0 Å². The predicted molar refractivity (Wildman–Crippen MR) is 98.1 cm³/mol. The molecule has 3 nitrogen and oxygen atoms in total. The van der Waals surface area contributed by atoms with Crippen molar-refractivity contribution < 1.29 is 14.3 Å². The second-order valence-electron chi connectivity index (χ2n) is 8.69. The molecule has 0 amide bonds. The Hall–Kier alpha value is -0.396. The highest BCUT2D eigenvalue weighted by Crippen LogP contribution is 2.49. The Kier molecular flexibility index (Phi) is 5.28. The van der Waals surface area contributed by atoms with E-state index in [0.717, 1.165) is 18.9 Å². The van der Waals surface area contributed by atoms with E-state index in [-0.39, 0.29) is 11.0 Å². The fourth-order valence-electron chi connectivity index (χ4n) is 3.76. The molecule has 2 unspecified atom stereocenters. The minimum absolute atomic E-state index is 0.102. The van der Waals surface area contributed by atoms with E-state index < -0.39 is 21.4 Å². The van der Waals surface area contributed by atoms with E-state index >= 15 is 0 Å². The largest absolute Gasteiger partial charge is 0.478 e. The summed E-state index contributed by atoms with van der Waals surface area (Å²) in [6.45, 7) is 19.9. The maximum atomic E-state index is 11.5. The lowest BCUT2D eigenvalue weighted by Crippen LogP contribution is -2.69. The number of allylic oxidation sites excluding steroid dienone is 1. The maximum Gasteiger partial charge on any atom is 0.330 e. The van der Waals surface area contributed by atoms with Crippen LogP contribution in [0.1, 0.15) is 54.4 Å². The first-order valence-corrected chi connectivity index (χ1v) is 15.0. The minimum atomic E-state index is -1.96. The smallest absolute Gasteiger partial charge is 0.330 e. The highest BCUT2D eigenvalue weighted by Gasteiger charge is 2.58. The lowest BCUT2D eigenvalue weighted by Gasteiger charge is -2.57. The number of hydrogen-bond acceptors (Lipinski definition) is 2. The van der Waals surface area contributed by atoms with E-state index in [9.17, 15) is 9.90 Å². The summed E-state index contributed by atoms with van der Waals surface area (Å²) >= 11 is 0. The highest BCUT2D eigenvalue weighted by atomic mass is 29.3. The highest BCUT2D eigenvalue weighted by molar-refractivity contribution is 7.41. The van der Waals surface area contributed by atoms with Gasteiger partial charge in [0.15, 0.2) is 7.83 Å². The van der Waals surface area contributed by atoms with Crippen LogP contribution in [0.2, 0.25) is 25.7 Å². The standard InChI is InChI=1S/C17H34O3Si2/c1-10-14(13(2)15(18)19)22(9)12-11-17(6,16(3,4)5)20-21(22,7)8/h10-12H2,1-9H3,(H,18,19). The number of carboxylic acid groups (broad SMARTS) is 1. The third kappa shape index (κ3) is 3.12. The molecule has 1 heterocycles. The summed E-state index contributed by atoms with van der Waals surface area (Å²) in [5.74, 6) is -0.764. The summed E-state index contributed by atoms with van der Waals surface area (Å²) in [5, 5.41) is 10.7. The van der Waals surface area contributed by atoms with Gasteiger partial charge < -0.3 is 9.53 Å². The molecule has 0 aromatic carbocycles. The summed E-state index contributed by atoms with van der Waals surface area (Å²) in [4.78, 5) is 11.5. The second kappa shape index (κ2) is 5.91. The van der Waals surface area contributed by atoms with Crippen LogP contribution in [0.5, 0.6) is 0 Å². The van der Waals surface area contributed by atoms with Crippen LogP contribution in [0, 0.1) is 5.41 Å². The fourth-order valence-corrected chi connectivity index (χ4v) is 16.6. The van der Waals surface area contributed by atoms with Crippen molar-refractivity contribution in [1.82, 2.24) is 0 Å². The van der Waals surface area contributed by atoms with Gasteiger partial charge in [0.2, 0.25) is 0 Å². The molecule has 128 valence electrons. The zero-order valence-corrected chi connectivity index (χ0v) is 17.9. The number of hydrogen-bond donors (Lipinski definition) is 1. The molecule has 0 radical (unpaired) electrons. The molecule has 0 aromatic rings. The van der Waals surface area contributed by atoms with Crippen LogP contribution in [-0.4, -0.2) is 32.1 Å². The average Bonchev–Trinajstić information content (AvgIpc) is 2.33. The monoisotopic (exact) mass is 342 g/mol. The molecule has 5 heteroatoms. The fraction of sp³-hybridized carbons (Fsp3) is 0.824. The van der Waals surface area contributed by atoms with Crippen LogP contribution in [0.25, 0.3) is 0 Å². The maximum absolute atomic E-state index is 11.5. The third-order valence-electron chi connectivity index (χ3n) is 6.29.